The maximum Gasteiger partial charge on any atom is 0.266 e. The molecule has 0 saturated carbocycles. The summed E-state index contributed by atoms with van der Waals surface area (Å²) in [4.78, 5) is 12.5. The zero-order valence-electron chi connectivity index (χ0n) is 15.1. The van der Waals surface area contributed by atoms with E-state index in [1.54, 1.807) is 0 Å². The predicted octanol–water partition coefficient (Wildman–Crippen LogP) is 6.38. The van der Waals surface area contributed by atoms with Gasteiger partial charge in [0.25, 0.3) is 5.91 Å². The second kappa shape index (κ2) is 9.51. The van der Waals surface area contributed by atoms with Gasteiger partial charge in [0.05, 0.1) is 0 Å². The van der Waals surface area contributed by atoms with E-state index in [0.717, 1.165) is 21.2 Å². The summed E-state index contributed by atoms with van der Waals surface area (Å²) in [5.74, 6) is -0.972. The van der Waals surface area contributed by atoms with E-state index < -0.39 is 11.7 Å². The molecule has 29 heavy (non-hydrogen) atoms. The van der Waals surface area contributed by atoms with E-state index in [-0.39, 0.29) is 5.57 Å². The van der Waals surface area contributed by atoms with Crippen LogP contribution in [0.4, 0.5) is 10.1 Å². The van der Waals surface area contributed by atoms with Crippen molar-refractivity contribution < 1.29 is 9.18 Å². The lowest BCUT2D eigenvalue weighted by Gasteiger charge is -2.10. The predicted molar refractivity (Wildman–Crippen MR) is 117 cm³/mol. The summed E-state index contributed by atoms with van der Waals surface area (Å²) in [6, 6.07) is 20.5. The molecule has 6 heteroatoms. The number of nitrogens with one attached hydrogen (secondary N) is 1. The maximum absolute atomic E-state index is 13.0. The maximum atomic E-state index is 13.0. The van der Waals surface area contributed by atoms with Crippen LogP contribution in [0.2, 0.25) is 5.02 Å². The molecule has 0 aliphatic rings. The Morgan fingerprint density at radius 1 is 1.10 bits per heavy atom. The molecule has 3 nitrogen and oxygen atoms in total. The highest BCUT2D eigenvalue weighted by Gasteiger charge is 2.12. The number of hydrogen-bond donors (Lipinski definition) is 1. The fourth-order valence-corrected chi connectivity index (χ4v) is 3.33. The highest BCUT2D eigenvalue weighted by Crippen LogP contribution is 2.25. The van der Waals surface area contributed by atoms with Crippen molar-refractivity contribution in [3.8, 4) is 6.07 Å². The van der Waals surface area contributed by atoms with Gasteiger partial charge in [-0.25, -0.2) is 4.39 Å². The highest BCUT2D eigenvalue weighted by molar-refractivity contribution is 9.10. The van der Waals surface area contributed by atoms with Crippen LogP contribution < -0.4 is 5.32 Å². The average molecular weight is 470 g/mol. The molecule has 1 amide bonds. The van der Waals surface area contributed by atoms with Gasteiger partial charge in [-0.2, -0.15) is 5.26 Å². The Kier molecular flexibility index (Phi) is 6.82. The van der Waals surface area contributed by atoms with Gasteiger partial charge in [-0.1, -0.05) is 51.8 Å². The molecule has 0 saturated heterocycles. The number of benzene rings is 3. The minimum absolute atomic E-state index is 0.0622. The lowest BCUT2D eigenvalue weighted by Crippen LogP contribution is -2.13. The van der Waals surface area contributed by atoms with Crippen LogP contribution in [-0.4, -0.2) is 5.91 Å². The molecule has 0 unspecified atom stereocenters. The van der Waals surface area contributed by atoms with Crippen LogP contribution in [-0.2, 0) is 11.2 Å². The standard InChI is InChI=1S/C23H15BrClFN2O/c24-19-6-5-15(11-16-3-1-2-4-22(16)25)17(13-19)12-18(14-27)23(29)28-21-9-7-20(26)8-10-21/h1-10,12-13H,11H2,(H,28,29)/b18-12+. The minimum Gasteiger partial charge on any atom is -0.321 e. The Morgan fingerprint density at radius 3 is 2.52 bits per heavy atom. The third kappa shape index (κ3) is 5.54. The largest absolute Gasteiger partial charge is 0.321 e. The second-order valence-corrected chi connectivity index (χ2v) is 7.57. The summed E-state index contributed by atoms with van der Waals surface area (Å²) in [6.45, 7) is 0. The molecule has 144 valence electrons. The molecule has 0 aliphatic carbocycles. The number of carbonyl (C=O) groups is 1. The van der Waals surface area contributed by atoms with E-state index in [1.165, 1.54) is 30.3 Å². The Hall–Kier alpha value is -2.94. The Balaban J connectivity index is 1.91. The molecular formula is C23H15BrClFN2O. The van der Waals surface area contributed by atoms with Crippen LogP contribution in [0.3, 0.4) is 0 Å². The number of carbonyl (C=O) groups excluding carboxylic acids is 1. The van der Waals surface area contributed by atoms with E-state index >= 15 is 0 Å². The van der Waals surface area contributed by atoms with Gasteiger partial charge in [0.15, 0.2) is 0 Å². The summed E-state index contributed by atoms with van der Waals surface area (Å²) >= 11 is 9.71. The fourth-order valence-electron chi connectivity index (χ4n) is 2.74. The first-order chi connectivity index (χ1) is 14.0. The molecule has 3 aromatic rings. The summed E-state index contributed by atoms with van der Waals surface area (Å²) in [5.41, 5.74) is 2.94. The normalized spacial score (nSPS) is 11.0. The summed E-state index contributed by atoms with van der Waals surface area (Å²) in [6.07, 6.45) is 2.09. The summed E-state index contributed by atoms with van der Waals surface area (Å²) in [7, 11) is 0. The number of anilines is 1. The van der Waals surface area contributed by atoms with Crippen LogP contribution in [0.1, 0.15) is 16.7 Å². The van der Waals surface area contributed by atoms with Gasteiger partial charge in [-0.05, 0) is 71.7 Å². The van der Waals surface area contributed by atoms with E-state index in [9.17, 15) is 14.4 Å². The molecule has 0 spiro atoms. The smallest absolute Gasteiger partial charge is 0.266 e. The molecule has 0 fully saturated rings. The Labute approximate surface area is 181 Å². The molecule has 0 radical (unpaired) electrons. The van der Waals surface area contributed by atoms with Gasteiger partial charge in [-0.15, -0.1) is 0 Å². The van der Waals surface area contributed by atoms with Crippen molar-refractivity contribution >= 4 is 45.2 Å². The third-order valence-electron chi connectivity index (χ3n) is 4.21. The van der Waals surface area contributed by atoms with Crippen LogP contribution in [0.15, 0.2) is 76.8 Å². The molecule has 0 atom stereocenters. The zero-order valence-corrected chi connectivity index (χ0v) is 17.5. The van der Waals surface area contributed by atoms with E-state index in [2.05, 4.69) is 21.2 Å². The fraction of sp³-hybridized carbons (Fsp3) is 0.0435. The molecule has 0 bridgehead atoms. The quantitative estimate of drug-likeness (QED) is 0.348. The van der Waals surface area contributed by atoms with Crippen molar-refractivity contribution in [2.24, 2.45) is 0 Å². The zero-order chi connectivity index (χ0) is 20.8. The van der Waals surface area contributed by atoms with Crippen molar-refractivity contribution in [2.45, 2.75) is 6.42 Å². The first-order valence-corrected chi connectivity index (χ1v) is 9.84. The molecule has 3 aromatic carbocycles. The molecule has 3 rings (SSSR count). The lowest BCUT2D eigenvalue weighted by atomic mass is 9.98. The Morgan fingerprint density at radius 2 is 1.83 bits per heavy atom. The van der Waals surface area contributed by atoms with Gasteiger partial charge in [0.1, 0.15) is 17.5 Å². The molecule has 0 heterocycles. The number of rotatable bonds is 5. The van der Waals surface area contributed by atoms with Crippen molar-refractivity contribution in [1.29, 1.82) is 5.26 Å². The van der Waals surface area contributed by atoms with E-state index in [0.29, 0.717) is 17.1 Å². The first-order valence-electron chi connectivity index (χ1n) is 8.67. The van der Waals surface area contributed by atoms with Crippen LogP contribution in [0.25, 0.3) is 6.08 Å². The highest BCUT2D eigenvalue weighted by atomic mass is 79.9. The average Bonchev–Trinajstić information content (AvgIpc) is 2.71. The summed E-state index contributed by atoms with van der Waals surface area (Å²) < 4.78 is 13.9. The van der Waals surface area contributed by atoms with Crippen LogP contribution in [0.5, 0.6) is 0 Å². The van der Waals surface area contributed by atoms with Crippen LogP contribution in [0, 0.1) is 17.1 Å². The van der Waals surface area contributed by atoms with Crippen molar-refractivity contribution in [3.63, 3.8) is 0 Å². The van der Waals surface area contributed by atoms with Crippen molar-refractivity contribution in [2.75, 3.05) is 5.32 Å². The van der Waals surface area contributed by atoms with Crippen molar-refractivity contribution in [3.05, 3.63) is 104 Å². The number of halogens is 3. The number of nitrogens with zero attached hydrogens (tertiary/aromatic N) is 1. The number of amides is 1. The minimum atomic E-state index is -0.567. The third-order valence-corrected chi connectivity index (χ3v) is 5.08. The van der Waals surface area contributed by atoms with E-state index in [4.69, 9.17) is 11.6 Å². The van der Waals surface area contributed by atoms with E-state index in [1.807, 2.05) is 48.5 Å². The number of hydrogen-bond acceptors (Lipinski definition) is 2. The number of nitriles is 1. The SMILES string of the molecule is N#C/C(=C\c1cc(Br)ccc1Cc1ccccc1Cl)C(=O)Nc1ccc(F)cc1. The molecule has 1 N–H and O–H groups in total. The Bertz CT molecular complexity index is 1120. The van der Waals surface area contributed by atoms with Gasteiger partial charge < -0.3 is 5.32 Å². The molecule has 0 aromatic heterocycles. The van der Waals surface area contributed by atoms with Crippen LogP contribution >= 0.6 is 27.5 Å². The van der Waals surface area contributed by atoms with Gasteiger partial charge in [0, 0.05) is 15.2 Å². The monoisotopic (exact) mass is 468 g/mol. The van der Waals surface area contributed by atoms with Gasteiger partial charge >= 0.3 is 0 Å². The summed E-state index contributed by atoms with van der Waals surface area (Å²) in [5, 5.41) is 12.8. The topological polar surface area (TPSA) is 52.9 Å². The van der Waals surface area contributed by atoms with Gasteiger partial charge in [0.2, 0.25) is 0 Å². The first kappa shape index (κ1) is 20.8. The molecule has 0 aliphatic heterocycles. The lowest BCUT2D eigenvalue weighted by molar-refractivity contribution is -0.112. The molecular weight excluding hydrogens is 455 g/mol. The second-order valence-electron chi connectivity index (χ2n) is 6.24. The van der Waals surface area contributed by atoms with Gasteiger partial charge in [-0.3, -0.25) is 4.79 Å². The van der Waals surface area contributed by atoms with Crippen molar-refractivity contribution in [1.82, 2.24) is 0 Å².